The van der Waals surface area contributed by atoms with Gasteiger partial charge in [0.1, 0.15) is 11.3 Å². The zero-order valence-corrected chi connectivity index (χ0v) is 23.6. The van der Waals surface area contributed by atoms with Crippen LogP contribution in [0.1, 0.15) is 45.6 Å². The monoisotopic (exact) mass is 557 g/mol. The molecule has 4 aliphatic rings. The third-order valence-electron chi connectivity index (χ3n) is 8.99. The van der Waals surface area contributed by atoms with Crippen molar-refractivity contribution in [2.45, 2.75) is 57.7 Å². The SMILES string of the molecule is CC=C(C)C(=O)OC1(C)CC=CC(C2=C(CC(=O)N3CCC3)CNC(N)=C2)C12Cc1cc3ccc(=O)oc3cc1O2. The normalized spacial score (nSPS) is 27.2. The van der Waals surface area contributed by atoms with E-state index in [2.05, 4.69) is 11.4 Å². The summed E-state index contributed by atoms with van der Waals surface area (Å²) in [6.07, 6.45) is 9.87. The molecule has 1 fully saturated rings. The highest BCUT2D eigenvalue weighted by Crippen LogP contribution is 2.54. The Morgan fingerprint density at radius 1 is 1.27 bits per heavy atom. The Hall–Kier alpha value is -4.27. The van der Waals surface area contributed by atoms with Crippen molar-refractivity contribution in [3.63, 3.8) is 0 Å². The molecule has 3 aliphatic heterocycles. The van der Waals surface area contributed by atoms with Crippen molar-refractivity contribution in [2.24, 2.45) is 11.7 Å². The van der Waals surface area contributed by atoms with Crippen LogP contribution in [-0.2, 0) is 20.7 Å². The number of nitrogens with one attached hydrogen (secondary N) is 1. The number of hydrogen-bond acceptors (Lipinski definition) is 8. The lowest BCUT2D eigenvalue weighted by Crippen LogP contribution is -2.63. The third-order valence-corrected chi connectivity index (χ3v) is 8.99. The van der Waals surface area contributed by atoms with Crippen LogP contribution in [0.25, 0.3) is 11.0 Å². The molecule has 1 saturated heterocycles. The molecule has 1 aromatic heterocycles. The number of likely N-dealkylation sites (tertiary alicyclic amines) is 1. The number of ether oxygens (including phenoxy) is 2. The van der Waals surface area contributed by atoms with Gasteiger partial charge in [-0.25, -0.2) is 9.59 Å². The molecule has 6 rings (SSSR count). The van der Waals surface area contributed by atoms with Gasteiger partial charge in [-0.05, 0) is 62.1 Å². The highest BCUT2D eigenvalue weighted by Gasteiger charge is 2.62. The van der Waals surface area contributed by atoms with Crippen LogP contribution in [0, 0.1) is 5.92 Å². The van der Waals surface area contributed by atoms with Crippen molar-refractivity contribution in [3.05, 3.63) is 87.1 Å². The van der Waals surface area contributed by atoms with E-state index in [4.69, 9.17) is 19.6 Å². The van der Waals surface area contributed by atoms with Gasteiger partial charge in [-0.3, -0.25) is 4.79 Å². The largest absolute Gasteiger partial charge is 0.481 e. The predicted molar refractivity (Wildman–Crippen MR) is 154 cm³/mol. The second kappa shape index (κ2) is 9.98. The van der Waals surface area contributed by atoms with Crippen LogP contribution >= 0.6 is 0 Å². The maximum atomic E-state index is 13.2. The molecule has 1 aliphatic carbocycles. The molecule has 0 radical (unpaired) electrons. The highest BCUT2D eigenvalue weighted by molar-refractivity contribution is 5.88. The van der Waals surface area contributed by atoms with Gasteiger partial charge >= 0.3 is 11.6 Å². The number of carbonyl (C=O) groups is 2. The number of esters is 1. The molecule has 3 atom stereocenters. The molecule has 9 nitrogen and oxygen atoms in total. The number of rotatable bonds is 5. The zero-order valence-electron chi connectivity index (χ0n) is 23.6. The Morgan fingerprint density at radius 2 is 2.07 bits per heavy atom. The summed E-state index contributed by atoms with van der Waals surface area (Å²) in [7, 11) is 0. The van der Waals surface area contributed by atoms with E-state index in [0.29, 0.717) is 42.1 Å². The van der Waals surface area contributed by atoms with E-state index in [1.54, 1.807) is 32.1 Å². The second-order valence-electron chi connectivity index (χ2n) is 11.5. The Morgan fingerprint density at radius 3 is 2.80 bits per heavy atom. The van der Waals surface area contributed by atoms with Crippen LogP contribution < -0.4 is 21.4 Å². The maximum absolute atomic E-state index is 13.2. The average Bonchev–Trinajstić information content (AvgIpc) is 3.28. The number of amides is 1. The van der Waals surface area contributed by atoms with Gasteiger partial charge in [0.15, 0.2) is 11.2 Å². The van der Waals surface area contributed by atoms with Gasteiger partial charge < -0.3 is 29.8 Å². The number of nitrogens with two attached hydrogens (primary N) is 1. The summed E-state index contributed by atoms with van der Waals surface area (Å²) in [5.41, 5.74) is 7.39. The van der Waals surface area contributed by atoms with Gasteiger partial charge in [0.25, 0.3) is 0 Å². The van der Waals surface area contributed by atoms with Gasteiger partial charge in [0, 0.05) is 61.5 Å². The molecule has 3 N–H and O–H groups in total. The van der Waals surface area contributed by atoms with E-state index in [1.807, 2.05) is 30.0 Å². The Labute approximate surface area is 238 Å². The fraction of sp³-hybridized carbons (Fsp3) is 0.406. The average molecular weight is 558 g/mol. The molecule has 0 saturated carbocycles. The smallest absolute Gasteiger partial charge is 0.336 e. The van der Waals surface area contributed by atoms with Crippen molar-refractivity contribution in [1.82, 2.24) is 10.2 Å². The standard InChI is InChI=1S/C32H35N3O6/c1-4-19(2)30(38)41-31(3)10-5-7-24(23-15-27(33)34-18-22(23)14-28(36)35-11-6-12-35)32(31)17-21-13-20-8-9-29(37)39-25(20)16-26(21)40-32/h4-5,7-9,13,15-16,24,34H,6,10-12,14,17-18,33H2,1-3H3. The summed E-state index contributed by atoms with van der Waals surface area (Å²) in [4.78, 5) is 40.1. The Kier molecular flexibility index (Phi) is 6.55. The lowest BCUT2D eigenvalue weighted by atomic mass is 9.63. The molecule has 9 heteroatoms. The first-order valence-electron chi connectivity index (χ1n) is 14.1. The van der Waals surface area contributed by atoms with Crippen molar-refractivity contribution in [1.29, 1.82) is 0 Å². The van der Waals surface area contributed by atoms with Crippen molar-refractivity contribution in [3.8, 4) is 5.75 Å². The minimum Gasteiger partial charge on any atom is -0.481 e. The number of nitrogens with zero attached hydrogens (tertiary/aromatic N) is 1. The van der Waals surface area contributed by atoms with Crippen molar-refractivity contribution >= 4 is 22.8 Å². The lowest BCUT2D eigenvalue weighted by molar-refractivity contribution is -0.185. The fourth-order valence-electron chi connectivity index (χ4n) is 6.30. The lowest BCUT2D eigenvalue weighted by Gasteiger charge is -2.51. The topological polar surface area (TPSA) is 124 Å². The van der Waals surface area contributed by atoms with Crippen LogP contribution in [-0.4, -0.2) is 47.6 Å². The van der Waals surface area contributed by atoms with E-state index in [-0.39, 0.29) is 18.2 Å². The summed E-state index contributed by atoms with van der Waals surface area (Å²) in [6, 6.07) is 6.84. The van der Waals surface area contributed by atoms with Gasteiger partial charge in [-0.2, -0.15) is 0 Å². The molecule has 4 heterocycles. The number of fused-ring (bicyclic) bond motifs is 2. The van der Waals surface area contributed by atoms with Crippen molar-refractivity contribution < 1.29 is 23.5 Å². The maximum Gasteiger partial charge on any atom is 0.336 e. The summed E-state index contributed by atoms with van der Waals surface area (Å²) in [5, 5.41) is 3.97. The molecule has 1 amide bonds. The summed E-state index contributed by atoms with van der Waals surface area (Å²) < 4.78 is 18.7. The first-order valence-corrected chi connectivity index (χ1v) is 14.1. The quantitative estimate of drug-likeness (QED) is 0.247. The number of hydrogen-bond donors (Lipinski definition) is 2. The molecule has 1 aromatic carbocycles. The second-order valence-corrected chi connectivity index (χ2v) is 11.5. The number of benzene rings is 1. The number of dihydropyridines is 1. The summed E-state index contributed by atoms with van der Waals surface area (Å²) in [5.74, 6) is 0.356. The molecule has 2 aromatic rings. The van der Waals surface area contributed by atoms with Gasteiger partial charge in [-0.15, -0.1) is 0 Å². The molecule has 3 unspecified atom stereocenters. The van der Waals surface area contributed by atoms with Gasteiger partial charge in [-0.1, -0.05) is 18.2 Å². The van der Waals surface area contributed by atoms with Gasteiger partial charge in [0.05, 0.1) is 12.2 Å². The first-order chi connectivity index (χ1) is 19.6. The van der Waals surface area contributed by atoms with E-state index in [1.165, 1.54) is 6.07 Å². The van der Waals surface area contributed by atoms with Crippen LogP contribution in [0.5, 0.6) is 5.75 Å². The summed E-state index contributed by atoms with van der Waals surface area (Å²) >= 11 is 0. The molecule has 1 spiro atoms. The molecule has 41 heavy (non-hydrogen) atoms. The molecular formula is C32H35N3O6. The fourth-order valence-corrected chi connectivity index (χ4v) is 6.30. The van der Waals surface area contributed by atoms with Gasteiger partial charge in [0.2, 0.25) is 5.91 Å². The zero-order chi connectivity index (χ0) is 28.9. The van der Waals surface area contributed by atoms with E-state index in [9.17, 15) is 14.4 Å². The minimum absolute atomic E-state index is 0.0862. The van der Waals surface area contributed by atoms with Crippen LogP contribution in [0.3, 0.4) is 0 Å². The molecule has 214 valence electrons. The van der Waals surface area contributed by atoms with Crippen LogP contribution in [0.15, 0.2) is 80.3 Å². The van der Waals surface area contributed by atoms with E-state index >= 15 is 0 Å². The Bertz CT molecular complexity index is 1630. The van der Waals surface area contributed by atoms with E-state index < -0.39 is 22.8 Å². The number of allylic oxidation sites excluding steroid dienone is 2. The summed E-state index contributed by atoms with van der Waals surface area (Å²) in [6.45, 7) is 7.44. The van der Waals surface area contributed by atoms with Crippen molar-refractivity contribution in [2.75, 3.05) is 19.6 Å². The predicted octanol–water partition coefficient (Wildman–Crippen LogP) is 3.63. The molecular weight excluding hydrogens is 522 g/mol. The molecule has 0 bridgehead atoms. The highest BCUT2D eigenvalue weighted by atomic mass is 16.6. The van der Waals surface area contributed by atoms with Crippen LogP contribution in [0.4, 0.5) is 0 Å². The third kappa shape index (κ3) is 4.53. The first kappa shape index (κ1) is 26.9. The van der Waals surface area contributed by atoms with E-state index in [0.717, 1.165) is 41.6 Å². The Balaban J connectivity index is 1.49. The number of carbonyl (C=O) groups excluding carboxylic acids is 2. The van der Waals surface area contributed by atoms with Crippen LogP contribution in [0.2, 0.25) is 0 Å². The minimum atomic E-state index is -1.08.